The van der Waals surface area contributed by atoms with Crippen LogP contribution < -0.4 is 16.0 Å². The number of rotatable bonds is 4. The molecule has 2 amide bonds. The summed E-state index contributed by atoms with van der Waals surface area (Å²) in [5.41, 5.74) is 5.24. The zero-order chi connectivity index (χ0) is 20.7. The van der Waals surface area contributed by atoms with Crippen LogP contribution in [0.1, 0.15) is 55.2 Å². The highest BCUT2D eigenvalue weighted by Crippen LogP contribution is 2.50. The van der Waals surface area contributed by atoms with Gasteiger partial charge in [-0.2, -0.15) is 0 Å². The topological polar surface area (TPSA) is 59.6 Å². The third-order valence-electron chi connectivity index (χ3n) is 7.03. The summed E-state index contributed by atoms with van der Waals surface area (Å²) < 4.78 is 0. The van der Waals surface area contributed by atoms with Crippen molar-refractivity contribution in [1.29, 1.82) is 0 Å². The smallest absolute Gasteiger partial charge is 0.317 e. The number of carbonyl (C=O) groups excluding carboxylic acids is 1. The van der Waals surface area contributed by atoms with Crippen molar-refractivity contribution in [2.24, 2.45) is 0 Å². The molecule has 0 bridgehead atoms. The molecule has 29 heavy (non-hydrogen) atoms. The number of thiocarbonyl (C=S) groups is 1. The highest BCUT2D eigenvalue weighted by Gasteiger charge is 2.44. The minimum absolute atomic E-state index is 0.0533. The Kier molecular flexibility index (Phi) is 5.71. The number of nitrogens with zero attached hydrogens (tertiary/aromatic N) is 2. The van der Waals surface area contributed by atoms with Gasteiger partial charge in [0, 0.05) is 68.4 Å². The Morgan fingerprint density at radius 1 is 1.31 bits per heavy atom. The molecule has 1 aliphatic carbocycles. The van der Waals surface area contributed by atoms with Gasteiger partial charge in [-0.25, -0.2) is 4.79 Å². The van der Waals surface area contributed by atoms with E-state index < -0.39 is 0 Å². The van der Waals surface area contributed by atoms with Gasteiger partial charge in [-0.15, -0.1) is 0 Å². The van der Waals surface area contributed by atoms with Crippen molar-refractivity contribution in [3.8, 4) is 0 Å². The molecule has 0 aromatic heterocycles. The number of likely N-dealkylation sites (tertiary alicyclic amines) is 1. The van der Waals surface area contributed by atoms with Crippen LogP contribution in [0.3, 0.4) is 0 Å². The maximum absolute atomic E-state index is 12.6. The van der Waals surface area contributed by atoms with Crippen molar-refractivity contribution >= 4 is 28.9 Å². The van der Waals surface area contributed by atoms with E-state index in [1.807, 2.05) is 25.8 Å². The van der Waals surface area contributed by atoms with E-state index in [2.05, 4.69) is 40.0 Å². The van der Waals surface area contributed by atoms with Gasteiger partial charge in [-0.05, 0) is 57.0 Å². The lowest BCUT2D eigenvalue weighted by atomic mass is 9.69. The third kappa shape index (κ3) is 3.59. The Bertz CT molecular complexity index is 809. The largest absolute Gasteiger partial charge is 0.384 e. The first-order chi connectivity index (χ1) is 14.0. The van der Waals surface area contributed by atoms with Crippen molar-refractivity contribution in [3.63, 3.8) is 0 Å². The van der Waals surface area contributed by atoms with Crippen molar-refractivity contribution in [1.82, 2.24) is 20.4 Å². The van der Waals surface area contributed by atoms with Gasteiger partial charge < -0.3 is 25.8 Å². The summed E-state index contributed by atoms with van der Waals surface area (Å²) in [7, 11) is 4.09. The number of hydrogen-bond acceptors (Lipinski definition) is 4. The molecule has 4 rings (SSSR count). The number of nitrogens with one attached hydrogen (secondary N) is 3. The fraction of sp³-hybridized carbons (Fsp3) is 0.636. The van der Waals surface area contributed by atoms with E-state index >= 15 is 0 Å². The van der Waals surface area contributed by atoms with Gasteiger partial charge in [-0.1, -0.05) is 12.2 Å². The summed E-state index contributed by atoms with van der Waals surface area (Å²) in [5.74, 6) is 0.989. The van der Waals surface area contributed by atoms with Gasteiger partial charge in [0.25, 0.3) is 0 Å². The Hall–Kier alpha value is -1.86. The molecular formula is C22H33N5OS. The number of amides is 2. The number of likely N-dealkylation sites (N-methyl/N-ethyl adjacent to an activating group) is 1. The minimum atomic E-state index is 0.0533. The maximum atomic E-state index is 12.6. The van der Waals surface area contributed by atoms with Crippen LogP contribution >= 0.6 is 12.2 Å². The molecule has 3 aliphatic rings. The van der Waals surface area contributed by atoms with Crippen LogP contribution in [0.5, 0.6) is 0 Å². The molecule has 4 atom stereocenters. The average molecular weight is 416 g/mol. The van der Waals surface area contributed by atoms with Crippen LogP contribution in [0.15, 0.2) is 12.1 Å². The molecule has 7 heteroatoms. The Morgan fingerprint density at radius 2 is 2.07 bits per heavy atom. The van der Waals surface area contributed by atoms with E-state index in [0.29, 0.717) is 17.9 Å². The standard InChI is InChI=1S/C22H33N5OS/c1-5-27(6-2)22(28)25-15-10-16-17-7-13(21(29)23-3)8-18-20(17)14(11-24-18)9-19(16)26(4)12-15/h7-8,14-16,19,24H,5-6,9-12H2,1-4H3,(H,23,29)(H,25,28)/t14?,15-,16+,19+/m0/s1. The van der Waals surface area contributed by atoms with Crippen molar-refractivity contribution in [2.75, 3.05) is 45.6 Å². The van der Waals surface area contributed by atoms with Crippen LogP contribution in [-0.4, -0.2) is 73.2 Å². The first kappa shape index (κ1) is 20.4. The molecule has 1 saturated heterocycles. The molecule has 0 saturated carbocycles. The first-order valence-electron chi connectivity index (χ1n) is 10.9. The number of piperidine rings is 1. The van der Waals surface area contributed by atoms with Gasteiger partial charge in [0.15, 0.2) is 0 Å². The van der Waals surface area contributed by atoms with Crippen LogP contribution in [0.4, 0.5) is 10.5 Å². The number of hydrogen-bond donors (Lipinski definition) is 3. The van der Waals surface area contributed by atoms with E-state index in [4.69, 9.17) is 12.2 Å². The second-order valence-electron chi connectivity index (χ2n) is 8.59. The van der Waals surface area contributed by atoms with Crippen molar-refractivity contribution in [2.45, 2.75) is 50.6 Å². The highest BCUT2D eigenvalue weighted by molar-refractivity contribution is 7.80. The molecule has 1 fully saturated rings. The van der Waals surface area contributed by atoms with E-state index in [-0.39, 0.29) is 12.1 Å². The Balaban J connectivity index is 1.64. The van der Waals surface area contributed by atoms with Crippen molar-refractivity contribution in [3.05, 3.63) is 28.8 Å². The molecule has 2 aliphatic heterocycles. The van der Waals surface area contributed by atoms with E-state index in [1.54, 1.807) is 0 Å². The SMILES string of the molecule is CCN(CC)C(=O)N[C@H]1C[C@@H]2c3cc(C(=S)NC)cc4c3C(CN4)C[C@H]2N(C)C1. The molecule has 158 valence electrons. The van der Waals surface area contributed by atoms with E-state index in [1.165, 1.54) is 23.2 Å². The third-order valence-corrected chi connectivity index (χ3v) is 7.47. The van der Waals surface area contributed by atoms with E-state index in [9.17, 15) is 4.79 Å². The van der Waals surface area contributed by atoms with Crippen LogP contribution in [0, 0.1) is 0 Å². The van der Waals surface area contributed by atoms with E-state index in [0.717, 1.165) is 43.2 Å². The predicted octanol–water partition coefficient (Wildman–Crippen LogP) is 2.70. The van der Waals surface area contributed by atoms with Gasteiger partial charge in [-0.3, -0.25) is 0 Å². The summed E-state index contributed by atoms with van der Waals surface area (Å²) in [6, 6.07) is 5.23. The molecular weight excluding hydrogens is 382 g/mol. The zero-order valence-corrected chi connectivity index (χ0v) is 18.7. The highest BCUT2D eigenvalue weighted by atomic mass is 32.1. The number of fused-ring (bicyclic) bond motifs is 2. The number of carbonyl (C=O) groups is 1. The summed E-state index contributed by atoms with van der Waals surface area (Å²) in [6.45, 7) is 7.45. The molecule has 1 aromatic carbocycles. The zero-order valence-electron chi connectivity index (χ0n) is 17.9. The molecule has 1 aromatic rings. The van der Waals surface area contributed by atoms with Crippen LogP contribution in [0.2, 0.25) is 0 Å². The molecule has 6 nitrogen and oxygen atoms in total. The van der Waals surface area contributed by atoms with Crippen LogP contribution in [0.25, 0.3) is 0 Å². The van der Waals surface area contributed by atoms with Gasteiger partial charge in [0.05, 0.1) is 0 Å². The Morgan fingerprint density at radius 3 is 2.76 bits per heavy atom. The summed E-state index contributed by atoms with van der Waals surface area (Å²) in [6.07, 6.45) is 2.16. The second kappa shape index (κ2) is 8.11. The van der Waals surface area contributed by atoms with Crippen molar-refractivity contribution < 1.29 is 4.79 Å². The first-order valence-corrected chi connectivity index (χ1v) is 11.3. The summed E-state index contributed by atoms with van der Waals surface area (Å²) >= 11 is 5.54. The second-order valence-corrected chi connectivity index (χ2v) is 9.00. The molecule has 0 radical (unpaired) electrons. The number of anilines is 1. The lowest BCUT2D eigenvalue weighted by molar-refractivity contribution is 0.108. The summed E-state index contributed by atoms with van der Waals surface area (Å²) in [5, 5.41) is 10.0. The van der Waals surface area contributed by atoms with Gasteiger partial charge in [0.1, 0.15) is 4.99 Å². The monoisotopic (exact) mass is 415 g/mol. The predicted molar refractivity (Wildman–Crippen MR) is 122 cm³/mol. The summed E-state index contributed by atoms with van der Waals surface area (Å²) in [4.78, 5) is 17.8. The fourth-order valence-corrected chi connectivity index (χ4v) is 5.69. The van der Waals surface area contributed by atoms with Gasteiger partial charge in [0.2, 0.25) is 0 Å². The number of benzene rings is 1. The molecule has 0 spiro atoms. The lowest BCUT2D eigenvalue weighted by Gasteiger charge is -2.48. The average Bonchev–Trinajstić information content (AvgIpc) is 3.12. The lowest BCUT2D eigenvalue weighted by Crippen LogP contribution is -2.56. The molecule has 3 N–H and O–H groups in total. The molecule has 1 unspecified atom stereocenters. The van der Waals surface area contributed by atoms with Crippen LogP contribution in [-0.2, 0) is 0 Å². The normalized spacial score (nSPS) is 27.4. The quantitative estimate of drug-likeness (QED) is 0.660. The number of urea groups is 1. The maximum Gasteiger partial charge on any atom is 0.317 e. The van der Waals surface area contributed by atoms with Gasteiger partial charge >= 0.3 is 6.03 Å². The fourth-order valence-electron chi connectivity index (χ4n) is 5.58. The Labute approximate surface area is 179 Å². The minimum Gasteiger partial charge on any atom is -0.384 e. The molecule has 2 heterocycles.